The standard InChI is InChI=1S/C16H22O4Si/c1-5-21(6-2,7-3)15-10-8-14(9-11-15)16(17)20-19-13-12-18-4/h5-6,8-11H,1-2,7,12-13H2,3-4H3. The van der Waals surface area contributed by atoms with Crippen LogP contribution in [0, 0.1) is 0 Å². The van der Waals surface area contributed by atoms with Gasteiger partial charge in [0.05, 0.1) is 12.2 Å². The van der Waals surface area contributed by atoms with Crippen LogP contribution in [0.1, 0.15) is 17.3 Å². The maximum absolute atomic E-state index is 11.8. The largest absolute Gasteiger partial charge is 0.382 e. The van der Waals surface area contributed by atoms with Crippen LogP contribution in [0.4, 0.5) is 0 Å². The monoisotopic (exact) mass is 306 g/mol. The molecule has 0 atom stereocenters. The molecule has 0 bridgehead atoms. The summed E-state index contributed by atoms with van der Waals surface area (Å²) in [4.78, 5) is 21.2. The quantitative estimate of drug-likeness (QED) is 0.304. The molecule has 1 aromatic carbocycles. The molecule has 114 valence electrons. The maximum atomic E-state index is 11.8. The van der Waals surface area contributed by atoms with E-state index in [-0.39, 0.29) is 6.61 Å². The van der Waals surface area contributed by atoms with Gasteiger partial charge in [0.25, 0.3) is 0 Å². The van der Waals surface area contributed by atoms with Gasteiger partial charge in [-0.3, -0.25) is 4.89 Å². The fourth-order valence-corrected chi connectivity index (χ4v) is 4.40. The SMILES string of the molecule is C=C[Si](C=C)(CC)c1ccc(C(=O)OOCCOC)cc1. The van der Waals surface area contributed by atoms with Gasteiger partial charge in [0.15, 0.2) is 0 Å². The average molecular weight is 306 g/mol. The first-order valence-corrected chi connectivity index (χ1v) is 9.20. The molecule has 0 radical (unpaired) electrons. The van der Waals surface area contributed by atoms with Crippen LogP contribution in [0.15, 0.2) is 48.8 Å². The molecule has 0 aliphatic rings. The molecule has 0 aromatic heterocycles. The molecule has 0 saturated heterocycles. The lowest BCUT2D eigenvalue weighted by Gasteiger charge is -2.23. The number of carbonyl (C=O) groups is 1. The van der Waals surface area contributed by atoms with Crippen molar-refractivity contribution in [2.75, 3.05) is 20.3 Å². The van der Waals surface area contributed by atoms with E-state index in [2.05, 4.69) is 25.0 Å². The summed E-state index contributed by atoms with van der Waals surface area (Å²) in [7, 11) is -0.311. The predicted octanol–water partition coefficient (Wildman–Crippen LogP) is 2.55. The van der Waals surface area contributed by atoms with E-state index in [1.165, 1.54) is 5.19 Å². The Kier molecular flexibility index (Phi) is 7.08. The van der Waals surface area contributed by atoms with E-state index in [4.69, 9.17) is 9.62 Å². The molecule has 0 spiro atoms. The van der Waals surface area contributed by atoms with Crippen molar-refractivity contribution in [3.05, 3.63) is 54.4 Å². The minimum atomic E-state index is -1.86. The molecular formula is C16H22O4Si. The van der Waals surface area contributed by atoms with Gasteiger partial charge in [0, 0.05) is 7.11 Å². The minimum Gasteiger partial charge on any atom is -0.382 e. The zero-order chi connectivity index (χ0) is 15.7. The summed E-state index contributed by atoms with van der Waals surface area (Å²) in [5.41, 5.74) is 4.45. The highest BCUT2D eigenvalue weighted by Gasteiger charge is 2.26. The van der Waals surface area contributed by atoms with Gasteiger partial charge in [-0.05, 0) is 18.2 Å². The van der Waals surface area contributed by atoms with Gasteiger partial charge in [-0.2, -0.15) is 4.89 Å². The number of ether oxygens (including phenoxy) is 1. The van der Waals surface area contributed by atoms with Crippen molar-refractivity contribution in [2.45, 2.75) is 13.0 Å². The summed E-state index contributed by atoms with van der Waals surface area (Å²) in [6.07, 6.45) is 0. The Morgan fingerprint density at radius 1 is 1.19 bits per heavy atom. The average Bonchev–Trinajstić information content (AvgIpc) is 2.54. The minimum absolute atomic E-state index is 0.207. The number of benzene rings is 1. The van der Waals surface area contributed by atoms with Crippen molar-refractivity contribution < 1.29 is 19.3 Å². The number of carbonyl (C=O) groups excluding carboxylic acids is 1. The second-order valence-corrected chi connectivity index (χ2v) is 8.75. The lowest BCUT2D eigenvalue weighted by atomic mass is 10.2. The van der Waals surface area contributed by atoms with E-state index < -0.39 is 14.0 Å². The molecular weight excluding hydrogens is 284 g/mol. The van der Waals surface area contributed by atoms with E-state index in [0.29, 0.717) is 12.2 Å². The molecule has 21 heavy (non-hydrogen) atoms. The van der Waals surface area contributed by atoms with Crippen molar-refractivity contribution in [1.29, 1.82) is 0 Å². The summed E-state index contributed by atoms with van der Waals surface area (Å²) < 4.78 is 4.79. The molecule has 0 N–H and O–H groups in total. The summed E-state index contributed by atoms with van der Waals surface area (Å²) in [6, 6.07) is 8.34. The highest BCUT2D eigenvalue weighted by Crippen LogP contribution is 2.13. The van der Waals surface area contributed by atoms with Crippen LogP contribution in [-0.4, -0.2) is 34.4 Å². The third kappa shape index (κ3) is 4.39. The second kappa shape index (κ2) is 8.56. The Labute approximate surface area is 127 Å². The number of hydrogen-bond acceptors (Lipinski definition) is 4. The molecule has 1 rings (SSSR count). The van der Waals surface area contributed by atoms with E-state index in [0.717, 1.165) is 6.04 Å². The van der Waals surface area contributed by atoms with Gasteiger partial charge in [-0.15, -0.1) is 13.2 Å². The van der Waals surface area contributed by atoms with Crippen molar-refractivity contribution >= 4 is 19.2 Å². The van der Waals surface area contributed by atoms with Gasteiger partial charge in [0.1, 0.15) is 14.7 Å². The fraction of sp³-hybridized carbons (Fsp3) is 0.312. The molecule has 0 fully saturated rings. The Bertz CT molecular complexity index is 474. The van der Waals surface area contributed by atoms with Crippen LogP contribution < -0.4 is 5.19 Å². The second-order valence-electron chi connectivity index (χ2n) is 4.57. The Morgan fingerprint density at radius 3 is 2.29 bits per heavy atom. The van der Waals surface area contributed by atoms with Crippen molar-refractivity contribution in [2.24, 2.45) is 0 Å². The van der Waals surface area contributed by atoms with Crippen LogP contribution >= 0.6 is 0 Å². The fourth-order valence-electron chi connectivity index (χ4n) is 1.99. The number of hydrogen-bond donors (Lipinski definition) is 0. The van der Waals surface area contributed by atoms with Gasteiger partial charge in [-0.1, -0.05) is 35.6 Å². The van der Waals surface area contributed by atoms with E-state index in [1.807, 2.05) is 23.5 Å². The van der Waals surface area contributed by atoms with Gasteiger partial charge in [-0.25, -0.2) is 4.79 Å². The smallest absolute Gasteiger partial charge is 0.373 e. The highest BCUT2D eigenvalue weighted by molar-refractivity contribution is 6.99. The molecule has 5 heteroatoms. The van der Waals surface area contributed by atoms with Crippen LogP contribution in [0.2, 0.25) is 6.04 Å². The van der Waals surface area contributed by atoms with Gasteiger partial charge >= 0.3 is 5.97 Å². The summed E-state index contributed by atoms with van der Waals surface area (Å²) in [5, 5.41) is 1.17. The summed E-state index contributed by atoms with van der Waals surface area (Å²) in [5.74, 6) is -0.515. The molecule has 0 aliphatic carbocycles. The topological polar surface area (TPSA) is 44.8 Å². The van der Waals surface area contributed by atoms with Crippen molar-refractivity contribution in [1.82, 2.24) is 0 Å². The van der Waals surface area contributed by atoms with Crippen LogP contribution in [0.5, 0.6) is 0 Å². The van der Waals surface area contributed by atoms with Crippen LogP contribution in [0.3, 0.4) is 0 Å². The highest BCUT2D eigenvalue weighted by atomic mass is 28.3. The molecule has 0 unspecified atom stereocenters. The lowest BCUT2D eigenvalue weighted by molar-refractivity contribution is -0.246. The van der Waals surface area contributed by atoms with E-state index in [1.54, 1.807) is 19.2 Å². The third-order valence-corrected chi connectivity index (χ3v) is 7.51. The van der Waals surface area contributed by atoms with Crippen molar-refractivity contribution in [3.8, 4) is 0 Å². The Morgan fingerprint density at radius 2 is 1.81 bits per heavy atom. The number of rotatable bonds is 9. The molecule has 1 aromatic rings. The van der Waals surface area contributed by atoms with E-state index in [9.17, 15) is 4.79 Å². The normalized spacial score (nSPS) is 11.0. The van der Waals surface area contributed by atoms with Crippen molar-refractivity contribution in [3.63, 3.8) is 0 Å². The maximum Gasteiger partial charge on any atom is 0.373 e. The number of methoxy groups -OCH3 is 1. The molecule has 0 aliphatic heterocycles. The Balaban J connectivity index is 2.75. The third-order valence-electron chi connectivity index (χ3n) is 3.48. The predicted molar refractivity (Wildman–Crippen MR) is 85.9 cm³/mol. The first-order valence-electron chi connectivity index (χ1n) is 6.84. The zero-order valence-corrected chi connectivity index (χ0v) is 13.6. The van der Waals surface area contributed by atoms with Crippen LogP contribution in [0.25, 0.3) is 0 Å². The Hall–Kier alpha value is -1.69. The zero-order valence-electron chi connectivity index (χ0n) is 12.6. The molecule has 4 nitrogen and oxygen atoms in total. The first kappa shape index (κ1) is 17.4. The lowest BCUT2D eigenvalue weighted by Crippen LogP contribution is -2.43. The van der Waals surface area contributed by atoms with Crippen LogP contribution in [-0.2, 0) is 14.5 Å². The van der Waals surface area contributed by atoms with Gasteiger partial charge < -0.3 is 4.74 Å². The molecule has 0 amide bonds. The summed E-state index contributed by atoms with van der Waals surface area (Å²) in [6.45, 7) is 10.6. The first-order chi connectivity index (χ1) is 10.1. The van der Waals surface area contributed by atoms with E-state index >= 15 is 0 Å². The summed E-state index contributed by atoms with van der Waals surface area (Å²) >= 11 is 0. The van der Waals surface area contributed by atoms with Gasteiger partial charge in [0.2, 0.25) is 0 Å². The molecule has 0 saturated carbocycles. The molecule has 0 heterocycles.